The van der Waals surface area contributed by atoms with E-state index < -0.39 is 27.5 Å². The van der Waals surface area contributed by atoms with E-state index in [0.29, 0.717) is 10.6 Å². The third kappa shape index (κ3) is 4.16. The van der Waals surface area contributed by atoms with E-state index in [-0.39, 0.29) is 4.88 Å². The normalized spacial score (nSPS) is 11.2. The largest absolute Gasteiger partial charge is 0.477 e. The van der Waals surface area contributed by atoms with Crippen molar-refractivity contribution in [3.8, 4) is 0 Å². The summed E-state index contributed by atoms with van der Waals surface area (Å²) in [5, 5.41) is 11.5. The summed E-state index contributed by atoms with van der Waals surface area (Å²) in [6.07, 6.45) is 0.953. The van der Waals surface area contributed by atoms with Gasteiger partial charge in [0.15, 0.2) is 9.84 Å². The fourth-order valence-electron chi connectivity index (χ4n) is 1.17. The molecule has 17 heavy (non-hydrogen) atoms. The van der Waals surface area contributed by atoms with Crippen LogP contribution in [0.15, 0.2) is 6.07 Å². The second kappa shape index (κ2) is 4.84. The molecule has 0 atom stereocenters. The minimum atomic E-state index is -3.39. The molecule has 0 saturated heterocycles. The number of carbonyl (C=O) groups is 2. The second-order valence-electron chi connectivity index (χ2n) is 3.55. The van der Waals surface area contributed by atoms with Gasteiger partial charge in [0.25, 0.3) is 0 Å². The number of carbonyl (C=O) groups excluding carboxylic acids is 1. The molecule has 0 aromatic carbocycles. The van der Waals surface area contributed by atoms with Crippen LogP contribution in [0.2, 0.25) is 0 Å². The van der Waals surface area contributed by atoms with Gasteiger partial charge in [-0.1, -0.05) is 0 Å². The molecule has 0 unspecified atom stereocenters. The molecule has 0 aliphatic heterocycles. The quantitative estimate of drug-likeness (QED) is 0.845. The Labute approximate surface area is 102 Å². The molecule has 1 aromatic rings. The van der Waals surface area contributed by atoms with Crippen LogP contribution in [0.25, 0.3) is 0 Å². The highest BCUT2D eigenvalue weighted by Gasteiger charge is 2.15. The molecule has 2 N–H and O–H groups in total. The number of aromatic carboxylic acids is 1. The standard InChI is InChI=1S/C9H11NO5S2/c1-5-3-7(16-8(5)9(12)13)10-6(11)4-17(2,14)15/h3H,4H2,1-2H3,(H,10,11)(H,12,13). The van der Waals surface area contributed by atoms with Gasteiger partial charge in [-0.15, -0.1) is 11.3 Å². The van der Waals surface area contributed by atoms with Gasteiger partial charge >= 0.3 is 5.97 Å². The summed E-state index contributed by atoms with van der Waals surface area (Å²) in [5.74, 6) is -2.37. The molecule has 1 rings (SSSR count). The van der Waals surface area contributed by atoms with Gasteiger partial charge in [-0.25, -0.2) is 13.2 Å². The third-order valence-corrected chi connectivity index (χ3v) is 3.70. The molecule has 1 heterocycles. The van der Waals surface area contributed by atoms with Crippen LogP contribution in [-0.2, 0) is 14.6 Å². The Morgan fingerprint density at radius 3 is 2.47 bits per heavy atom. The lowest BCUT2D eigenvalue weighted by Gasteiger charge is -1.99. The maximum Gasteiger partial charge on any atom is 0.346 e. The van der Waals surface area contributed by atoms with Crippen molar-refractivity contribution in [2.24, 2.45) is 0 Å². The lowest BCUT2D eigenvalue weighted by atomic mass is 10.3. The van der Waals surface area contributed by atoms with Crippen molar-refractivity contribution in [3.05, 3.63) is 16.5 Å². The summed E-state index contributed by atoms with van der Waals surface area (Å²) in [6.45, 7) is 1.60. The molecule has 0 spiro atoms. The van der Waals surface area contributed by atoms with Crippen LogP contribution in [0.1, 0.15) is 15.2 Å². The number of anilines is 1. The Kier molecular flexibility index (Phi) is 3.89. The van der Waals surface area contributed by atoms with Crippen molar-refractivity contribution in [3.63, 3.8) is 0 Å². The molecule has 1 aromatic heterocycles. The molecule has 0 aliphatic rings. The Balaban J connectivity index is 2.80. The first kappa shape index (κ1) is 13.7. The predicted octanol–water partition coefficient (Wildman–Crippen LogP) is 0.738. The third-order valence-electron chi connectivity index (χ3n) is 1.77. The lowest BCUT2D eigenvalue weighted by Crippen LogP contribution is -2.21. The molecule has 1 amide bonds. The monoisotopic (exact) mass is 277 g/mol. The first-order chi connectivity index (χ1) is 7.69. The minimum absolute atomic E-state index is 0.125. The van der Waals surface area contributed by atoms with Crippen molar-refractivity contribution in [1.29, 1.82) is 0 Å². The van der Waals surface area contributed by atoms with Crippen molar-refractivity contribution in [2.45, 2.75) is 6.92 Å². The Hall–Kier alpha value is -1.41. The molecule has 0 radical (unpaired) electrons. The van der Waals surface area contributed by atoms with Crippen molar-refractivity contribution >= 4 is 38.1 Å². The highest BCUT2D eigenvalue weighted by Crippen LogP contribution is 2.26. The van der Waals surface area contributed by atoms with Crippen molar-refractivity contribution in [1.82, 2.24) is 0 Å². The van der Waals surface area contributed by atoms with E-state index in [1.54, 1.807) is 6.92 Å². The highest BCUT2D eigenvalue weighted by molar-refractivity contribution is 7.91. The topological polar surface area (TPSA) is 101 Å². The first-order valence-electron chi connectivity index (χ1n) is 4.50. The van der Waals surface area contributed by atoms with Gasteiger partial charge in [-0.2, -0.15) is 0 Å². The maximum atomic E-state index is 11.3. The number of hydrogen-bond donors (Lipinski definition) is 2. The summed E-state index contributed by atoms with van der Waals surface area (Å²) in [6, 6.07) is 1.49. The van der Waals surface area contributed by atoms with Crippen LogP contribution >= 0.6 is 11.3 Å². The number of rotatable bonds is 4. The zero-order chi connectivity index (χ0) is 13.2. The molecule has 0 saturated carbocycles. The van der Waals surface area contributed by atoms with E-state index in [1.807, 2.05) is 0 Å². The summed E-state index contributed by atoms with van der Waals surface area (Å²) in [4.78, 5) is 22.2. The van der Waals surface area contributed by atoms with E-state index in [0.717, 1.165) is 17.6 Å². The van der Waals surface area contributed by atoms with E-state index in [1.165, 1.54) is 6.07 Å². The van der Waals surface area contributed by atoms with Crippen LogP contribution in [0.5, 0.6) is 0 Å². The number of carboxylic acids is 1. The molecular weight excluding hydrogens is 266 g/mol. The van der Waals surface area contributed by atoms with Gasteiger partial charge in [0, 0.05) is 6.26 Å². The first-order valence-corrected chi connectivity index (χ1v) is 7.38. The van der Waals surface area contributed by atoms with Crippen LogP contribution < -0.4 is 5.32 Å². The van der Waals surface area contributed by atoms with E-state index in [2.05, 4.69) is 5.32 Å². The smallest absolute Gasteiger partial charge is 0.346 e. The number of nitrogens with one attached hydrogen (secondary N) is 1. The average molecular weight is 277 g/mol. The number of carboxylic acid groups (broad SMARTS) is 1. The van der Waals surface area contributed by atoms with Gasteiger partial charge in [0.05, 0.1) is 5.00 Å². The zero-order valence-electron chi connectivity index (χ0n) is 9.18. The van der Waals surface area contributed by atoms with Crippen LogP contribution in [-0.4, -0.2) is 37.4 Å². The minimum Gasteiger partial charge on any atom is -0.477 e. The van der Waals surface area contributed by atoms with Crippen LogP contribution in [0.4, 0.5) is 5.00 Å². The fourth-order valence-corrected chi connectivity index (χ4v) is 2.64. The SMILES string of the molecule is Cc1cc(NC(=O)CS(C)(=O)=O)sc1C(=O)O. The predicted molar refractivity (Wildman–Crippen MR) is 64.4 cm³/mol. The number of amides is 1. The molecule has 0 bridgehead atoms. The van der Waals surface area contributed by atoms with Gasteiger partial charge < -0.3 is 10.4 Å². The summed E-state index contributed by atoms with van der Waals surface area (Å²) >= 11 is 0.896. The van der Waals surface area contributed by atoms with E-state index in [4.69, 9.17) is 5.11 Å². The molecular formula is C9H11NO5S2. The van der Waals surface area contributed by atoms with E-state index in [9.17, 15) is 18.0 Å². The maximum absolute atomic E-state index is 11.3. The van der Waals surface area contributed by atoms with E-state index >= 15 is 0 Å². The number of sulfone groups is 1. The summed E-state index contributed by atoms with van der Waals surface area (Å²) < 4.78 is 21.7. The number of thiophene rings is 1. The van der Waals surface area contributed by atoms with Gasteiger partial charge in [-0.05, 0) is 18.6 Å². The van der Waals surface area contributed by atoms with Crippen LogP contribution in [0, 0.1) is 6.92 Å². The zero-order valence-corrected chi connectivity index (χ0v) is 10.8. The van der Waals surface area contributed by atoms with Gasteiger partial charge in [-0.3, -0.25) is 4.79 Å². The molecule has 8 heteroatoms. The lowest BCUT2D eigenvalue weighted by molar-refractivity contribution is -0.113. The second-order valence-corrected chi connectivity index (χ2v) is 6.74. The highest BCUT2D eigenvalue weighted by atomic mass is 32.2. The van der Waals surface area contributed by atoms with Gasteiger partial charge in [0.1, 0.15) is 10.6 Å². The number of aryl methyl sites for hydroxylation is 1. The molecule has 94 valence electrons. The van der Waals surface area contributed by atoms with Crippen molar-refractivity contribution in [2.75, 3.05) is 17.3 Å². The van der Waals surface area contributed by atoms with Crippen LogP contribution in [0.3, 0.4) is 0 Å². The summed E-state index contributed by atoms with van der Waals surface area (Å²) in [7, 11) is -3.39. The molecule has 6 nitrogen and oxygen atoms in total. The summed E-state index contributed by atoms with van der Waals surface area (Å²) in [5.41, 5.74) is 0.525. The van der Waals surface area contributed by atoms with Crippen molar-refractivity contribution < 1.29 is 23.1 Å². The molecule has 0 aliphatic carbocycles. The Bertz CT molecular complexity index is 558. The Morgan fingerprint density at radius 2 is 2.06 bits per heavy atom. The molecule has 0 fully saturated rings. The fraction of sp³-hybridized carbons (Fsp3) is 0.333. The number of hydrogen-bond acceptors (Lipinski definition) is 5. The van der Waals surface area contributed by atoms with Gasteiger partial charge in [0.2, 0.25) is 5.91 Å². The average Bonchev–Trinajstić information content (AvgIpc) is 2.42. The Morgan fingerprint density at radius 1 is 1.47 bits per heavy atom.